The van der Waals surface area contributed by atoms with Crippen LogP contribution in [0.25, 0.3) is 5.69 Å². The Kier molecular flexibility index (Phi) is 5.03. The van der Waals surface area contributed by atoms with Gasteiger partial charge in [-0.1, -0.05) is 20.8 Å². The van der Waals surface area contributed by atoms with Crippen LogP contribution in [0.4, 0.5) is 10.1 Å². The molecule has 1 aliphatic carbocycles. The molecule has 3 N–H and O–H groups in total. The van der Waals surface area contributed by atoms with Crippen LogP contribution >= 0.6 is 0 Å². The number of fused-ring (bicyclic) bond motifs is 1. The van der Waals surface area contributed by atoms with E-state index in [1.165, 1.54) is 11.6 Å². The molecular formula is C22H27FN4O3. The summed E-state index contributed by atoms with van der Waals surface area (Å²) in [5, 5.41) is 7.72. The van der Waals surface area contributed by atoms with E-state index in [0.29, 0.717) is 12.1 Å². The van der Waals surface area contributed by atoms with Crippen molar-refractivity contribution in [1.82, 2.24) is 9.78 Å². The Bertz CT molecular complexity index is 1030. The van der Waals surface area contributed by atoms with Crippen molar-refractivity contribution in [3.05, 3.63) is 40.5 Å². The van der Waals surface area contributed by atoms with Gasteiger partial charge in [-0.2, -0.15) is 5.10 Å². The molecule has 1 unspecified atom stereocenters. The molecular weight excluding hydrogens is 387 g/mol. The number of ether oxygens (including phenoxy) is 1. The largest absolute Gasteiger partial charge is 0.464 e. The third kappa shape index (κ3) is 3.55. The number of esters is 1. The molecule has 160 valence electrons. The zero-order valence-electron chi connectivity index (χ0n) is 17.5. The van der Waals surface area contributed by atoms with Crippen molar-refractivity contribution in [3.8, 4) is 5.69 Å². The van der Waals surface area contributed by atoms with Crippen LogP contribution in [0, 0.1) is 11.2 Å². The molecule has 1 saturated heterocycles. The van der Waals surface area contributed by atoms with Crippen molar-refractivity contribution in [1.29, 1.82) is 0 Å². The highest BCUT2D eigenvalue weighted by atomic mass is 19.1. The van der Waals surface area contributed by atoms with E-state index >= 15 is 0 Å². The lowest BCUT2D eigenvalue weighted by molar-refractivity contribution is -0.138. The summed E-state index contributed by atoms with van der Waals surface area (Å²) in [6.07, 6.45) is 4.06. The lowest BCUT2D eigenvalue weighted by Crippen LogP contribution is -2.27. The number of aromatic nitrogens is 2. The van der Waals surface area contributed by atoms with Crippen molar-refractivity contribution in [2.24, 2.45) is 11.1 Å². The first-order valence-corrected chi connectivity index (χ1v) is 10.4. The zero-order valence-corrected chi connectivity index (χ0v) is 17.5. The highest BCUT2D eigenvalue weighted by Gasteiger charge is 2.32. The number of anilines is 1. The van der Waals surface area contributed by atoms with E-state index in [9.17, 15) is 14.0 Å². The second-order valence-corrected chi connectivity index (χ2v) is 8.85. The summed E-state index contributed by atoms with van der Waals surface area (Å²) in [5.41, 5.74) is 9.27. The predicted octanol–water partition coefficient (Wildman–Crippen LogP) is 2.92. The molecule has 1 aliphatic heterocycles. The lowest BCUT2D eigenvalue weighted by atomic mass is 9.76. The molecule has 2 aromatic rings. The highest BCUT2D eigenvalue weighted by Crippen LogP contribution is 2.38. The smallest absolute Gasteiger partial charge is 0.328 e. The van der Waals surface area contributed by atoms with Gasteiger partial charge in [0.1, 0.15) is 11.9 Å². The van der Waals surface area contributed by atoms with Crippen molar-refractivity contribution < 1.29 is 18.7 Å². The summed E-state index contributed by atoms with van der Waals surface area (Å²) in [7, 11) is 0. The molecule has 8 heteroatoms. The molecule has 7 nitrogen and oxygen atoms in total. The number of hydrogen-bond donors (Lipinski definition) is 2. The van der Waals surface area contributed by atoms with Crippen LogP contribution in [0.1, 0.15) is 60.9 Å². The third-order valence-electron chi connectivity index (χ3n) is 6.04. The molecule has 0 spiro atoms. The molecule has 0 radical (unpaired) electrons. The van der Waals surface area contributed by atoms with Gasteiger partial charge in [0, 0.05) is 18.2 Å². The van der Waals surface area contributed by atoms with Gasteiger partial charge in [0.25, 0.3) is 5.91 Å². The first kappa shape index (κ1) is 20.4. The van der Waals surface area contributed by atoms with E-state index in [1.54, 1.807) is 10.7 Å². The molecule has 0 saturated carbocycles. The minimum Gasteiger partial charge on any atom is -0.464 e. The number of carbonyl (C=O) groups excluding carboxylic acids is 2. The van der Waals surface area contributed by atoms with Gasteiger partial charge in [-0.05, 0) is 42.7 Å². The summed E-state index contributed by atoms with van der Waals surface area (Å²) in [4.78, 5) is 23.8. The van der Waals surface area contributed by atoms with Crippen LogP contribution in [-0.2, 0) is 28.8 Å². The second-order valence-electron chi connectivity index (χ2n) is 8.85. The number of halogens is 1. The Balaban J connectivity index is 1.83. The monoisotopic (exact) mass is 414 g/mol. The summed E-state index contributed by atoms with van der Waals surface area (Å²) < 4.78 is 21.7. The average Bonchev–Trinajstić information content (AvgIpc) is 3.23. The highest BCUT2D eigenvalue weighted by molar-refractivity contribution is 6.00. The third-order valence-corrected chi connectivity index (χ3v) is 6.04. The lowest BCUT2D eigenvalue weighted by Gasteiger charge is -2.30. The van der Waals surface area contributed by atoms with Gasteiger partial charge in [0.2, 0.25) is 0 Å². The number of hydrogen-bond acceptors (Lipinski definition) is 5. The molecule has 1 aromatic heterocycles. The minimum atomic E-state index is -0.897. The molecule has 30 heavy (non-hydrogen) atoms. The van der Waals surface area contributed by atoms with Gasteiger partial charge in [-0.25, -0.2) is 13.9 Å². The van der Waals surface area contributed by atoms with E-state index in [0.717, 1.165) is 37.1 Å². The Morgan fingerprint density at radius 1 is 1.43 bits per heavy atom. The Labute approximate surface area is 174 Å². The maximum Gasteiger partial charge on any atom is 0.328 e. The number of nitrogens with zero attached hydrogens (tertiary/aromatic N) is 2. The maximum absolute atomic E-state index is 15.0. The standard InChI is InChI=1S/C22H27FN4O3/c1-4-15-13-5-7-22(2,3)11-18(13)27(26-15)12-9-14(23)19(20(24)28)17(10-12)25-16-6-8-30-21(16)29/h9-10,16,25H,4-8,11H2,1-3H3,(H2,24,28). The maximum atomic E-state index is 15.0. The van der Waals surface area contributed by atoms with Crippen molar-refractivity contribution in [3.63, 3.8) is 0 Å². The number of benzene rings is 1. The second kappa shape index (κ2) is 7.41. The number of cyclic esters (lactones) is 1. The first-order valence-electron chi connectivity index (χ1n) is 10.4. The number of aryl methyl sites for hydroxylation is 1. The number of primary amides is 1. The number of nitrogens with two attached hydrogens (primary N) is 1. The molecule has 4 rings (SSSR count). The van der Waals surface area contributed by atoms with E-state index in [2.05, 4.69) is 26.1 Å². The fraction of sp³-hybridized carbons (Fsp3) is 0.500. The molecule has 0 bridgehead atoms. The predicted molar refractivity (Wildman–Crippen MR) is 110 cm³/mol. The average molecular weight is 414 g/mol. The van der Waals surface area contributed by atoms with Gasteiger partial charge < -0.3 is 15.8 Å². The SMILES string of the molecule is CCc1nn(-c2cc(F)c(C(N)=O)c(NC3CCOC3=O)c2)c2c1CCC(C)(C)C2. The van der Waals surface area contributed by atoms with Gasteiger partial charge in [0.05, 0.1) is 29.2 Å². The summed E-state index contributed by atoms with van der Waals surface area (Å²) >= 11 is 0. The van der Waals surface area contributed by atoms with E-state index < -0.39 is 23.7 Å². The number of nitrogens with one attached hydrogen (secondary N) is 1. The molecule has 1 fully saturated rings. The molecule has 1 amide bonds. The van der Waals surface area contributed by atoms with E-state index in [4.69, 9.17) is 15.6 Å². The normalized spacial score (nSPS) is 20.0. The number of amides is 1. The van der Waals surface area contributed by atoms with Crippen LogP contribution in [0.2, 0.25) is 0 Å². The van der Waals surface area contributed by atoms with Crippen LogP contribution in [0.15, 0.2) is 12.1 Å². The van der Waals surface area contributed by atoms with Gasteiger partial charge >= 0.3 is 5.97 Å². The van der Waals surface area contributed by atoms with Crippen molar-refractivity contribution >= 4 is 17.6 Å². The number of carbonyl (C=O) groups is 2. The van der Waals surface area contributed by atoms with Gasteiger partial charge in [0.15, 0.2) is 0 Å². The molecule has 2 heterocycles. The Morgan fingerprint density at radius 3 is 2.83 bits per heavy atom. The van der Waals surface area contributed by atoms with Crippen molar-refractivity contribution in [2.45, 2.75) is 58.9 Å². The Hall–Kier alpha value is -2.90. The molecule has 1 atom stereocenters. The zero-order chi connectivity index (χ0) is 21.6. The fourth-order valence-corrected chi connectivity index (χ4v) is 4.40. The first-order chi connectivity index (χ1) is 14.2. The van der Waals surface area contributed by atoms with Gasteiger partial charge in [-0.3, -0.25) is 4.79 Å². The summed E-state index contributed by atoms with van der Waals surface area (Å²) in [6, 6.07) is 2.28. The van der Waals surface area contributed by atoms with Crippen LogP contribution in [-0.4, -0.2) is 34.3 Å². The van der Waals surface area contributed by atoms with Crippen molar-refractivity contribution in [2.75, 3.05) is 11.9 Å². The Morgan fingerprint density at radius 2 is 2.20 bits per heavy atom. The quantitative estimate of drug-likeness (QED) is 0.733. The summed E-state index contributed by atoms with van der Waals surface area (Å²) in [5.74, 6) is -2.07. The van der Waals surface area contributed by atoms with Crippen LogP contribution in [0.5, 0.6) is 0 Å². The molecule has 2 aliphatic rings. The minimum absolute atomic E-state index is 0.121. The van der Waals surface area contributed by atoms with E-state index in [-0.39, 0.29) is 23.3 Å². The van der Waals surface area contributed by atoms with E-state index in [1.807, 2.05) is 0 Å². The molecule has 1 aromatic carbocycles. The number of rotatable bonds is 5. The summed E-state index contributed by atoms with van der Waals surface area (Å²) in [6.45, 7) is 6.77. The van der Waals surface area contributed by atoms with Crippen LogP contribution in [0.3, 0.4) is 0 Å². The van der Waals surface area contributed by atoms with Gasteiger partial charge in [-0.15, -0.1) is 0 Å². The van der Waals surface area contributed by atoms with Crippen LogP contribution < -0.4 is 11.1 Å². The topological polar surface area (TPSA) is 99.2 Å². The fourth-order valence-electron chi connectivity index (χ4n) is 4.40.